The fraction of sp³-hybridized carbons (Fsp3) is 0.538. The highest BCUT2D eigenvalue weighted by atomic mass is 16.3. The van der Waals surface area contributed by atoms with Crippen LogP contribution in [0.3, 0.4) is 0 Å². The largest absolute Gasteiger partial charge is 0.493 e. The Kier molecular flexibility index (Phi) is 4.49. The van der Waals surface area contributed by atoms with E-state index in [-0.39, 0.29) is 17.2 Å². The Balaban J connectivity index is 2.28. The zero-order valence-corrected chi connectivity index (χ0v) is 10.7. The summed E-state index contributed by atoms with van der Waals surface area (Å²) in [6.07, 6.45) is 2.87. The van der Waals surface area contributed by atoms with E-state index >= 15 is 0 Å². The van der Waals surface area contributed by atoms with Crippen LogP contribution in [0.25, 0.3) is 0 Å². The number of pyridine rings is 1. The monoisotopic (exact) mass is 236 g/mol. The van der Waals surface area contributed by atoms with E-state index in [4.69, 9.17) is 5.11 Å². The molecule has 0 fully saturated rings. The summed E-state index contributed by atoms with van der Waals surface area (Å²) in [6.45, 7) is 6.71. The van der Waals surface area contributed by atoms with Gasteiger partial charge in [0.25, 0.3) is 0 Å². The van der Waals surface area contributed by atoms with E-state index in [1.807, 2.05) is 20.8 Å². The van der Waals surface area contributed by atoms with Gasteiger partial charge in [0.05, 0.1) is 0 Å². The van der Waals surface area contributed by atoms with Gasteiger partial charge in [0.2, 0.25) is 11.8 Å². The molecule has 0 bridgehead atoms. The Hall–Kier alpha value is -1.58. The molecule has 0 saturated carbocycles. The molecule has 17 heavy (non-hydrogen) atoms. The Bertz CT molecular complexity index is 366. The van der Waals surface area contributed by atoms with Gasteiger partial charge in [0.1, 0.15) is 0 Å². The van der Waals surface area contributed by atoms with Crippen molar-refractivity contribution in [2.45, 2.75) is 33.6 Å². The van der Waals surface area contributed by atoms with Crippen LogP contribution < -0.4 is 5.32 Å². The minimum absolute atomic E-state index is 0.0180. The number of carbonyl (C=O) groups excluding carboxylic acids is 1. The topological polar surface area (TPSA) is 62.2 Å². The summed E-state index contributed by atoms with van der Waals surface area (Å²) in [5.74, 6) is 0.0924. The molecule has 0 aliphatic carbocycles. The summed E-state index contributed by atoms with van der Waals surface area (Å²) < 4.78 is 0. The Labute approximate surface area is 102 Å². The average Bonchev–Trinajstić information content (AvgIpc) is 2.18. The van der Waals surface area contributed by atoms with Crippen LogP contribution in [0.15, 0.2) is 18.3 Å². The molecule has 0 unspecified atom stereocenters. The van der Waals surface area contributed by atoms with E-state index in [0.717, 1.165) is 12.0 Å². The van der Waals surface area contributed by atoms with Gasteiger partial charge in [-0.1, -0.05) is 26.8 Å². The number of hydrogen-bond acceptors (Lipinski definition) is 3. The van der Waals surface area contributed by atoms with Gasteiger partial charge in [-0.25, -0.2) is 4.98 Å². The van der Waals surface area contributed by atoms with Crippen molar-refractivity contribution in [3.8, 4) is 5.88 Å². The summed E-state index contributed by atoms with van der Waals surface area (Å²) in [6, 6.07) is 3.35. The van der Waals surface area contributed by atoms with Crippen LogP contribution in [0.5, 0.6) is 5.88 Å². The molecule has 1 heterocycles. The number of nitrogens with zero attached hydrogens (tertiary/aromatic N) is 1. The number of aromatic hydroxyl groups is 1. The van der Waals surface area contributed by atoms with E-state index in [0.29, 0.717) is 13.0 Å². The molecular formula is C13H20N2O2. The molecule has 1 aromatic heterocycles. The predicted octanol–water partition coefficient (Wildman–Crippen LogP) is 1.88. The first-order valence-electron chi connectivity index (χ1n) is 5.77. The van der Waals surface area contributed by atoms with E-state index in [2.05, 4.69) is 10.3 Å². The zero-order valence-electron chi connectivity index (χ0n) is 10.7. The van der Waals surface area contributed by atoms with Crippen molar-refractivity contribution >= 4 is 5.91 Å². The Morgan fingerprint density at radius 3 is 2.65 bits per heavy atom. The van der Waals surface area contributed by atoms with E-state index in [1.54, 1.807) is 18.3 Å². The van der Waals surface area contributed by atoms with Crippen molar-refractivity contribution < 1.29 is 9.90 Å². The molecule has 1 aromatic rings. The average molecular weight is 236 g/mol. The van der Waals surface area contributed by atoms with Crippen LogP contribution in [0.2, 0.25) is 0 Å². The molecule has 1 rings (SSSR count). The first kappa shape index (κ1) is 13.5. The van der Waals surface area contributed by atoms with Gasteiger partial charge in [-0.3, -0.25) is 4.79 Å². The maximum absolute atomic E-state index is 11.5. The molecule has 94 valence electrons. The molecule has 0 radical (unpaired) electrons. The van der Waals surface area contributed by atoms with Gasteiger partial charge in [-0.2, -0.15) is 0 Å². The second-order valence-electron chi connectivity index (χ2n) is 5.36. The maximum Gasteiger partial charge on any atom is 0.220 e. The number of amides is 1. The van der Waals surface area contributed by atoms with Crippen molar-refractivity contribution in [1.29, 1.82) is 0 Å². The van der Waals surface area contributed by atoms with Gasteiger partial charge in [-0.15, -0.1) is 0 Å². The highest BCUT2D eigenvalue weighted by molar-refractivity contribution is 5.76. The highest BCUT2D eigenvalue weighted by Gasteiger charge is 2.15. The molecule has 0 aliphatic heterocycles. The molecule has 0 atom stereocenters. The Morgan fingerprint density at radius 1 is 1.41 bits per heavy atom. The van der Waals surface area contributed by atoms with Crippen LogP contribution in [0.1, 0.15) is 32.8 Å². The van der Waals surface area contributed by atoms with Crippen molar-refractivity contribution in [3.05, 3.63) is 23.9 Å². The van der Waals surface area contributed by atoms with Crippen LogP contribution in [-0.2, 0) is 11.2 Å². The van der Waals surface area contributed by atoms with E-state index in [9.17, 15) is 4.79 Å². The summed E-state index contributed by atoms with van der Waals surface area (Å²) in [5, 5.41) is 11.9. The summed E-state index contributed by atoms with van der Waals surface area (Å²) in [7, 11) is 0. The summed E-state index contributed by atoms with van der Waals surface area (Å²) in [5.41, 5.74) is 1.02. The molecule has 4 nitrogen and oxygen atoms in total. The van der Waals surface area contributed by atoms with Crippen LogP contribution in [0.4, 0.5) is 0 Å². The van der Waals surface area contributed by atoms with E-state index in [1.165, 1.54) is 0 Å². The highest BCUT2D eigenvalue weighted by Crippen LogP contribution is 2.17. The first-order chi connectivity index (χ1) is 7.87. The third-order valence-electron chi connectivity index (χ3n) is 2.24. The SMILES string of the molecule is CC(C)(C)CC(=O)NCCc1ccc(O)nc1. The van der Waals surface area contributed by atoms with Crippen LogP contribution >= 0.6 is 0 Å². The minimum Gasteiger partial charge on any atom is -0.493 e. The molecular weight excluding hydrogens is 216 g/mol. The van der Waals surface area contributed by atoms with Gasteiger partial charge >= 0.3 is 0 Å². The normalized spacial score (nSPS) is 11.2. The number of carbonyl (C=O) groups is 1. The smallest absolute Gasteiger partial charge is 0.220 e. The van der Waals surface area contributed by atoms with Crippen molar-refractivity contribution in [3.63, 3.8) is 0 Å². The molecule has 0 aliphatic rings. The lowest BCUT2D eigenvalue weighted by Gasteiger charge is -2.17. The predicted molar refractivity (Wildman–Crippen MR) is 66.7 cm³/mol. The molecule has 2 N–H and O–H groups in total. The third-order valence-corrected chi connectivity index (χ3v) is 2.24. The second kappa shape index (κ2) is 5.66. The number of hydrogen-bond donors (Lipinski definition) is 2. The first-order valence-corrected chi connectivity index (χ1v) is 5.77. The molecule has 0 aromatic carbocycles. The summed E-state index contributed by atoms with van der Waals surface area (Å²) >= 11 is 0. The zero-order chi connectivity index (χ0) is 12.9. The molecule has 0 spiro atoms. The molecule has 1 amide bonds. The third kappa shape index (κ3) is 5.90. The standard InChI is InChI=1S/C13H20N2O2/c1-13(2,3)8-12(17)14-7-6-10-4-5-11(16)15-9-10/h4-5,9H,6-8H2,1-3H3,(H,14,17)(H,15,16). The maximum atomic E-state index is 11.5. The quantitative estimate of drug-likeness (QED) is 0.839. The number of nitrogens with one attached hydrogen (secondary N) is 1. The lowest BCUT2D eigenvalue weighted by atomic mass is 9.92. The Morgan fingerprint density at radius 2 is 2.12 bits per heavy atom. The molecule has 0 saturated heterocycles. The second-order valence-corrected chi connectivity index (χ2v) is 5.36. The van der Waals surface area contributed by atoms with Crippen molar-refractivity contribution in [2.75, 3.05) is 6.54 Å². The lowest BCUT2D eigenvalue weighted by molar-refractivity contribution is -0.122. The van der Waals surface area contributed by atoms with Gasteiger partial charge < -0.3 is 10.4 Å². The van der Waals surface area contributed by atoms with Crippen molar-refractivity contribution in [2.24, 2.45) is 5.41 Å². The fourth-order valence-corrected chi connectivity index (χ4v) is 1.45. The lowest BCUT2D eigenvalue weighted by Crippen LogP contribution is -2.29. The summed E-state index contributed by atoms with van der Waals surface area (Å²) in [4.78, 5) is 15.3. The van der Waals surface area contributed by atoms with Gasteiger partial charge in [0, 0.05) is 25.2 Å². The fourth-order valence-electron chi connectivity index (χ4n) is 1.45. The minimum atomic E-state index is 0.0180. The van der Waals surface area contributed by atoms with Crippen molar-refractivity contribution in [1.82, 2.24) is 10.3 Å². The van der Waals surface area contributed by atoms with Gasteiger partial charge in [0.15, 0.2) is 0 Å². The molecule has 4 heteroatoms. The van der Waals surface area contributed by atoms with Crippen LogP contribution in [-0.4, -0.2) is 22.5 Å². The van der Waals surface area contributed by atoms with Crippen LogP contribution in [0, 0.1) is 5.41 Å². The number of aromatic nitrogens is 1. The van der Waals surface area contributed by atoms with E-state index < -0.39 is 0 Å². The van der Waals surface area contributed by atoms with Gasteiger partial charge in [-0.05, 0) is 17.4 Å². The number of rotatable bonds is 4.